The van der Waals surface area contributed by atoms with Gasteiger partial charge in [-0.1, -0.05) is 0 Å². The first-order chi connectivity index (χ1) is 19.0. The topological polar surface area (TPSA) is 146 Å². The van der Waals surface area contributed by atoms with E-state index in [2.05, 4.69) is 0 Å². The molecule has 0 aliphatic heterocycles. The number of hydrogen-bond acceptors (Lipinski definition) is 10. The maximum Gasteiger partial charge on any atom is 0.232 e. The lowest BCUT2D eigenvalue weighted by Crippen LogP contribution is -2.30. The summed E-state index contributed by atoms with van der Waals surface area (Å²) in [6, 6.07) is 3.04. The number of benzene rings is 5. The van der Waals surface area contributed by atoms with Crippen LogP contribution in [0.15, 0.2) is 21.7 Å². The average molecular weight is 545 g/mol. The molecule has 5 aromatic rings. The molecule has 1 aliphatic carbocycles. The monoisotopic (exact) mass is 544 g/mol. The molecule has 204 valence electrons. The molecule has 0 aromatic heterocycles. The molecule has 0 bridgehead atoms. The summed E-state index contributed by atoms with van der Waals surface area (Å²) in [5.74, 6) is -4.56. The molecule has 5 aromatic carbocycles. The van der Waals surface area contributed by atoms with Gasteiger partial charge < -0.3 is 29.2 Å². The van der Waals surface area contributed by atoms with Gasteiger partial charge in [0.15, 0.2) is 34.5 Å². The molecule has 0 fully saturated rings. The molecule has 6 rings (SSSR count). The van der Waals surface area contributed by atoms with Crippen molar-refractivity contribution in [3.8, 4) is 34.5 Å². The van der Waals surface area contributed by atoms with Gasteiger partial charge in [-0.2, -0.15) is 0 Å². The second kappa shape index (κ2) is 8.32. The van der Waals surface area contributed by atoms with E-state index in [0.717, 1.165) is 0 Å². The molecule has 2 N–H and O–H groups in total. The lowest BCUT2D eigenvalue weighted by atomic mass is 9.67. The van der Waals surface area contributed by atoms with Crippen LogP contribution in [0.3, 0.4) is 0 Å². The quantitative estimate of drug-likeness (QED) is 0.240. The molecule has 0 saturated carbocycles. The number of rotatable bonds is 6. The molecule has 0 saturated heterocycles. The number of fused-ring (bicyclic) bond motifs is 1. The second-order valence-corrected chi connectivity index (χ2v) is 9.93. The van der Waals surface area contributed by atoms with E-state index >= 15 is 0 Å². The highest BCUT2D eigenvalue weighted by atomic mass is 16.5. The molecular formula is C30H24O10. The summed E-state index contributed by atoms with van der Waals surface area (Å²) in [6.45, 7) is 2.60. The molecule has 10 heteroatoms. The van der Waals surface area contributed by atoms with Crippen LogP contribution in [-0.4, -0.2) is 50.2 Å². The summed E-state index contributed by atoms with van der Waals surface area (Å²) >= 11 is 0. The van der Waals surface area contributed by atoms with Gasteiger partial charge in [-0.05, 0) is 47.5 Å². The Bertz CT molecular complexity index is 1930. The van der Waals surface area contributed by atoms with Gasteiger partial charge in [0.25, 0.3) is 0 Å². The zero-order chi connectivity index (χ0) is 28.9. The predicted octanol–water partition coefficient (Wildman–Crippen LogP) is 3.70. The molecule has 0 radical (unpaired) electrons. The van der Waals surface area contributed by atoms with Crippen LogP contribution in [0.1, 0.15) is 36.8 Å². The molecule has 0 heterocycles. The number of phenolic OH excluding ortho intramolecular Hbond substituents is 2. The summed E-state index contributed by atoms with van der Waals surface area (Å²) in [6.07, 6.45) is 0. The Morgan fingerprint density at radius 1 is 0.600 bits per heavy atom. The van der Waals surface area contributed by atoms with Crippen molar-refractivity contribution in [3.63, 3.8) is 0 Å². The number of carbonyl (C=O) groups is 2. The van der Waals surface area contributed by atoms with Crippen LogP contribution in [0, 0.1) is 0 Å². The summed E-state index contributed by atoms with van der Waals surface area (Å²) in [7, 11) is 5.20. The zero-order valence-corrected chi connectivity index (χ0v) is 22.5. The Kier molecular flexibility index (Phi) is 5.29. The second-order valence-electron chi connectivity index (χ2n) is 9.93. The van der Waals surface area contributed by atoms with Crippen molar-refractivity contribution < 1.29 is 38.7 Å². The van der Waals surface area contributed by atoms with Gasteiger partial charge in [0, 0.05) is 21.9 Å². The van der Waals surface area contributed by atoms with Gasteiger partial charge in [-0.25, -0.2) is 0 Å². The first-order valence-electron chi connectivity index (χ1n) is 12.4. The van der Waals surface area contributed by atoms with E-state index in [-0.39, 0.29) is 55.7 Å². The number of aromatic hydroxyl groups is 2. The van der Waals surface area contributed by atoms with Gasteiger partial charge in [-0.15, -0.1) is 0 Å². The fourth-order valence-electron chi connectivity index (χ4n) is 6.69. The van der Waals surface area contributed by atoms with Crippen molar-refractivity contribution in [2.75, 3.05) is 28.4 Å². The molecule has 0 amide bonds. The van der Waals surface area contributed by atoms with E-state index in [9.17, 15) is 29.4 Å². The number of carbonyl (C=O) groups excluding carboxylic acids is 2. The minimum absolute atomic E-state index is 0.0122. The SMILES string of the molecule is COc1cc2c3cc(OC)c(O)c4c(=O)c(OC)c5c(c6c(c(OC)c(=O)c(c1O)c26)C(C(C)=O)C5C(C)=O)c43. The van der Waals surface area contributed by atoms with Crippen LogP contribution in [0.2, 0.25) is 0 Å². The molecular weight excluding hydrogens is 520 g/mol. The van der Waals surface area contributed by atoms with Crippen molar-refractivity contribution in [1.82, 2.24) is 0 Å². The van der Waals surface area contributed by atoms with E-state index in [0.29, 0.717) is 21.5 Å². The van der Waals surface area contributed by atoms with E-state index in [1.807, 2.05) is 0 Å². The number of hydrogen-bond donors (Lipinski definition) is 2. The maximum absolute atomic E-state index is 14.0. The predicted molar refractivity (Wildman–Crippen MR) is 148 cm³/mol. The Hall–Kier alpha value is -4.86. The number of ether oxygens (including phenoxy) is 4. The standard InChI is InChI=1S/C30H24O10/c1-9(31)15-16(10(2)32)22-20-18-12(8-14(38-4)26(34)24(18)28(36)30(22)40-6)11-7-13(37-3)25(33)23-17(11)19(20)21(15)29(39-5)27(23)35/h7-8,15-16,33-34H,1-6H3. The van der Waals surface area contributed by atoms with Gasteiger partial charge in [0.2, 0.25) is 10.9 Å². The van der Waals surface area contributed by atoms with Gasteiger partial charge >= 0.3 is 0 Å². The fraction of sp³-hybridized carbons (Fsp3) is 0.267. The first kappa shape index (κ1) is 25.4. The molecule has 0 spiro atoms. The van der Waals surface area contributed by atoms with Crippen molar-refractivity contribution >= 4 is 54.7 Å². The van der Waals surface area contributed by atoms with Gasteiger partial charge in [-0.3, -0.25) is 19.2 Å². The third-order valence-corrected chi connectivity index (χ3v) is 8.14. The normalized spacial score (nSPS) is 16.4. The minimum Gasteiger partial charge on any atom is -0.504 e. The smallest absolute Gasteiger partial charge is 0.232 e. The Balaban J connectivity index is 2.17. The lowest BCUT2D eigenvalue weighted by Gasteiger charge is -2.34. The Labute approximate surface area is 225 Å². The molecule has 2 unspecified atom stereocenters. The summed E-state index contributed by atoms with van der Waals surface area (Å²) in [4.78, 5) is 54.6. The Morgan fingerprint density at radius 3 is 1.23 bits per heavy atom. The fourth-order valence-corrected chi connectivity index (χ4v) is 6.69. The van der Waals surface area contributed by atoms with Crippen LogP contribution >= 0.6 is 0 Å². The molecule has 10 nitrogen and oxygen atoms in total. The van der Waals surface area contributed by atoms with Crippen molar-refractivity contribution in [1.29, 1.82) is 0 Å². The number of phenols is 2. The highest BCUT2D eigenvalue weighted by Gasteiger charge is 2.45. The van der Waals surface area contributed by atoms with Crippen LogP contribution in [0.25, 0.3) is 43.1 Å². The number of ketones is 2. The van der Waals surface area contributed by atoms with Gasteiger partial charge in [0.1, 0.15) is 11.6 Å². The summed E-state index contributed by atoms with van der Waals surface area (Å²) < 4.78 is 22.0. The zero-order valence-electron chi connectivity index (χ0n) is 22.5. The van der Waals surface area contributed by atoms with Crippen molar-refractivity contribution in [2.45, 2.75) is 25.7 Å². The van der Waals surface area contributed by atoms with Crippen molar-refractivity contribution in [3.05, 3.63) is 43.7 Å². The van der Waals surface area contributed by atoms with E-state index in [4.69, 9.17) is 18.9 Å². The minimum atomic E-state index is -1.19. The number of Topliss-reactive ketones (excluding diaryl/α,β-unsaturated/α-hetero) is 2. The average Bonchev–Trinajstić information content (AvgIpc) is 2.92. The highest BCUT2D eigenvalue weighted by molar-refractivity contribution is 6.38. The third kappa shape index (κ3) is 2.77. The molecule has 1 aliphatic rings. The Morgan fingerprint density at radius 2 is 0.950 bits per heavy atom. The van der Waals surface area contributed by atoms with Gasteiger partial charge in [0.05, 0.1) is 51.0 Å². The largest absolute Gasteiger partial charge is 0.504 e. The molecule has 2 atom stereocenters. The van der Waals surface area contributed by atoms with E-state index < -0.39 is 45.8 Å². The van der Waals surface area contributed by atoms with E-state index in [1.54, 1.807) is 0 Å². The first-order valence-corrected chi connectivity index (χ1v) is 12.4. The summed E-state index contributed by atoms with van der Waals surface area (Å²) in [5.41, 5.74) is -1.03. The highest BCUT2D eigenvalue weighted by Crippen LogP contribution is 2.58. The van der Waals surface area contributed by atoms with Crippen LogP contribution in [0.5, 0.6) is 34.5 Å². The van der Waals surface area contributed by atoms with Crippen LogP contribution < -0.4 is 29.8 Å². The van der Waals surface area contributed by atoms with Crippen molar-refractivity contribution in [2.24, 2.45) is 0 Å². The molecule has 40 heavy (non-hydrogen) atoms. The van der Waals surface area contributed by atoms with E-state index in [1.165, 1.54) is 54.4 Å². The van der Waals surface area contributed by atoms with Crippen LogP contribution in [0.4, 0.5) is 0 Å². The lowest BCUT2D eigenvalue weighted by molar-refractivity contribution is -0.125. The number of methoxy groups -OCH3 is 4. The van der Waals surface area contributed by atoms with Crippen LogP contribution in [-0.2, 0) is 9.59 Å². The third-order valence-electron chi connectivity index (χ3n) is 8.14. The summed E-state index contributed by atoms with van der Waals surface area (Å²) in [5, 5.41) is 24.2. The maximum atomic E-state index is 14.0.